The number of ketones is 1. The Hall–Kier alpha value is -2.09. The van der Waals surface area contributed by atoms with Crippen LogP contribution in [0.2, 0.25) is 0 Å². The van der Waals surface area contributed by atoms with Crippen molar-refractivity contribution in [3.8, 4) is 0 Å². The highest BCUT2D eigenvalue weighted by molar-refractivity contribution is 7.89. The number of carbonyl (C=O) groups is 1. The van der Waals surface area contributed by atoms with E-state index in [1.165, 1.54) is 22.5 Å². The van der Waals surface area contributed by atoms with Gasteiger partial charge in [-0.3, -0.25) is 9.69 Å². The first-order valence-electron chi connectivity index (χ1n) is 8.86. The summed E-state index contributed by atoms with van der Waals surface area (Å²) < 4.78 is 40.3. The molecule has 0 bridgehead atoms. The minimum absolute atomic E-state index is 0.0282. The summed E-state index contributed by atoms with van der Waals surface area (Å²) in [5.74, 6) is -0.395. The van der Waals surface area contributed by atoms with Gasteiger partial charge in [0, 0.05) is 31.7 Å². The van der Waals surface area contributed by atoms with Gasteiger partial charge in [-0.2, -0.15) is 4.31 Å². The third-order valence-electron chi connectivity index (χ3n) is 4.84. The van der Waals surface area contributed by atoms with Gasteiger partial charge < -0.3 is 0 Å². The Morgan fingerprint density at radius 2 is 1.63 bits per heavy atom. The second kappa shape index (κ2) is 7.88. The molecule has 0 amide bonds. The Morgan fingerprint density at radius 1 is 1.00 bits per heavy atom. The Kier molecular flexibility index (Phi) is 5.74. The summed E-state index contributed by atoms with van der Waals surface area (Å²) in [6.45, 7) is 5.36. The number of Topliss-reactive ketones (excluding diaryl/α,β-unsaturated/α-hetero) is 1. The molecule has 1 heterocycles. The normalized spacial score (nSPS) is 16.4. The summed E-state index contributed by atoms with van der Waals surface area (Å²) in [5, 5.41) is 0. The summed E-state index contributed by atoms with van der Waals surface area (Å²) >= 11 is 0. The lowest BCUT2D eigenvalue weighted by atomic mass is 10.1. The maximum Gasteiger partial charge on any atom is 0.243 e. The lowest BCUT2D eigenvalue weighted by Crippen LogP contribution is -2.49. The number of sulfonamides is 1. The van der Waals surface area contributed by atoms with Crippen LogP contribution in [0.1, 0.15) is 21.5 Å². The maximum absolute atomic E-state index is 13.4. The van der Waals surface area contributed by atoms with Crippen molar-refractivity contribution in [1.29, 1.82) is 0 Å². The largest absolute Gasteiger partial charge is 0.293 e. The third kappa shape index (κ3) is 4.43. The van der Waals surface area contributed by atoms with Gasteiger partial charge in [-0.15, -0.1) is 0 Å². The Bertz CT molecular complexity index is 934. The van der Waals surface area contributed by atoms with Gasteiger partial charge >= 0.3 is 0 Å². The van der Waals surface area contributed by atoms with Crippen molar-refractivity contribution in [2.75, 3.05) is 32.7 Å². The van der Waals surface area contributed by atoms with Crippen LogP contribution in [-0.4, -0.2) is 56.1 Å². The van der Waals surface area contributed by atoms with E-state index in [2.05, 4.69) is 0 Å². The minimum Gasteiger partial charge on any atom is -0.293 e. The van der Waals surface area contributed by atoms with Crippen LogP contribution >= 0.6 is 0 Å². The number of benzene rings is 2. The smallest absolute Gasteiger partial charge is 0.243 e. The fourth-order valence-corrected chi connectivity index (χ4v) is 4.60. The topological polar surface area (TPSA) is 57.7 Å². The van der Waals surface area contributed by atoms with E-state index in [0.717, 1.165) is 5.56 Å². The van der Waals surface area contributed by atoms with Crippen molar-refractivity contribution in [3.63, 3.8) is 0 Å². The molecule has 1 aliphatic heterocycles. The van der Waals surface area contributed by atoms with Crippen LogP contribution < -0.4 is 0 Å². The lowest BCUT2D eigenvalue weighted by molar-refractivity contribution is 0.0901. The molecule has 2 aromatic rings. The van der Waals surface area contributed by atoms with Crippen LogP contribution in [0, 0.1) is 19.7 Å². The quantitative estimate of drug-likeness (QED) is 0.737. The van der Waals surface area contributed by atoms with Gasteiger partial charge in [0.2, 0.25) is 10.0 Å². The summed E-state index contributed by atoms with van der Waals surface area (Å²) in [6.07, 6.45) is 0. The van der Waals surface area contributed by atoms with Crippen LogP contribution in [0.4, 0.5) is 4.39 Å². The van der Waals surface area contributed by atoms with Crippen LogP contribution in [0.5, 0.6) is 0 Å². The molecule has 0 spiro atoms. The van der Waals surface area contributed by atoms with Crippen LogP contribution in [-0.2, 0) is 10.0 Å². The summed E-state index contributed by atoms with van der Waals surface area (Å²) in [5.41, 5.74) is 2.07. The van der Waals surface area contributed by atoms with Gasteiger partial charge in [0.25, 0.3) is 0 Å². The summed E-state index contributed by atoms with van der Waals surface area (Å²) in [4.78, 5) is 14.4. The number of hydrogen-bond acceptors (Lipinski definition) is 4. The Morgan fingerprint density at radius 3 is 2.22 bits per heavy atom. The van der Waals surface area contributed by atoms with Gasteiger partial charge in [0.1, 0.15) is 5.82 Å². The number of nitrogens with zero attached hydrogens (tertiary/aromatic N) is 2. The van der Waals surface area contributed by atoms with E-state index in [4.69, 9.17) is 0 Å². The van der Waals surface area contributed by atoms with Crippen molar-refractivity contribution < 1.29 is 17.6 Å². The molecule has 0 N–H and O–H groups in total. The average molecular weight is 390 g/mol. The summed E-state index contributed by atoms with van der Waals surface area (Å²) in [7, 11) is -3.66. The summed E-state index contributed by atoms with van der Waals surface area (Å²) in [6, 6.07) is 11.3. The second-order valence-corrected chi connectivity index (χ2v) is 8.82. The molecule has 1 saturated heterocycles. The van der Waals surface area contributed by atoms with Gasteiger partial charge in [0.15, 0.2) is 5.78 Å². The first kappa shape index (κ1) is 19.7. The molecule has 3 rings (SSSR count). The molecule has 27 heavy (non-hydrogen) atoms. The molecule has 2 aromatic carbocycles. The average Bonchev–Trinajstić information content (AvgIpc) is 2.65. The lowest BCUT2D eigenvalue weighted by Gasteiger charge is -2.33. The van der Waals surface area contributed by atoms with Gasteiger partial charge in [-0.05, 0) is 37.6 Å². The molecule has 5 nitrogen and oxygen atoms in total. The highest BCUT2D eigenvalue weighted by atomic mass is 32.2. The number of halogens is 1. The van der Waals surface area contributed by atoms with Gasteiger partial charge in [0.05, 0.1) is 11.4 Å². The zero-order chi connectivity index (χ0) is 19.6. The standard InChI is InChI=1S/C20H23FN2O3S/c1-15-3-5-17(6-4-15)20(24)14-22-9-11-23(12-10-22)27(25,26)18-7-8-19(21)16(2)13-18/h3-8,13H,9-12,14H2,1-2H3. The molecule has 0 radical (unpaired) electrons. The maximum atomic E-state index is 13.4. The highest BCUT2D eigenvalue weighted by Crippen LogP contribution is 2.20. The van der Waals surface area contributed by atoms with Crippen LogP contribution in [0.25, 0.3) is 0 Å². The molecule has 7 heteroatoms. The van der Waals surface area contributed by atoms with E-state index >= 15 is 0 Å². The first-order chi connectivity index (χ1) is 12.8. The van der Waals surface area contributed by atoms with Crippen molar-refractivity contribution in [2.24, 2.45) is 0 Å². The van der Waals surface area contributed by atoms with Crippen molar-refractivity contribution in [2.45, 2.75) is 18.7 Å². The Labute approximate surface area is 159 Å². The zero-order valence-electron chi connectivity index (χ0n) is 15.5. The van der Waals surface area contributed by atoms with E-state index in [-0.39, 0.29) is 17.2 Å². The number of piperazine rings is 1. The highest BCUT2D eigenvalue weighted by Gasteiger charge is 2.29. The number of rotatable bonds is 5. The molecule has 0 aliphatic carbocycles. The predicted octanol–water partition coefficient (Wildman–Crippen LogP) is 2.63. The SMILES string of the molecule is Cc1ccc(C(=O)CN2CCN(S(=O)(=O)c3ccc(F)c(C)c3)CC2)cc1. The zero-order valence-corrected chi connectivity index (χ0v) is 16.3. The molecule has 0 atom stereocenters. The Balaban J connectivity index is 1.61. The van der Waals surface area contributed by atoms with Crippen molar-refractivity contribution in [3.05, 3.63) is 65.0 Å². The monoisotopic (exact) mass is 390 g/mol. The fraction of sp³-hybridized carbons (Fsp3) is 0.350. The molecular formula is C20H23FN2O3S. The second-order valence-electron chi connectivity index (χ2n) is 6.88. The van der Waals surface area contributed by atoms with E-state index in [0.29, 0.717) is 37.3 Å². The van der Waals surface area contributed by atoms with E-state index in [1.807, 2.05) is 36.1 Å². The van der Waals surface area contributed by atoms with E-state index < -0.39 is 15.8 Å². The molecule has 1 fully saturated rings. The third-order valence-corrected chi connectivity index (χ3v) is 6.73. The number of aryl methyl sites for hydroxylation is 2. The fourth-order valence-electron chi connectivity index (χ4n) is 3.09. The molecule has 144 valence electrons. The molecule has 1 aliphatic rings. The predicted molar refractivity (Wildman–Crippen MR) is 102 cm³/mol. The van der Waals surface area contributed by atoms with Crippen LogP contribution in [0.3, 0.4) is 0 Å². The molecule has 0 unspecified atom stereocenters. The molecule has 0 saturated carbocycles. The number of hydrogen-bond donors (Lipinski definition) is 0. The minimum atomic E-state index is -3.66. The van der Waals surface area contributed by atoms with Crippen LogP contribution in [0.15, 0.2) is 47.4 Å². The molecular weight excluding hydrogens is 367 g/mol. The number of carbonyl (C=O) groups excluding carboxylic acids is 1. The van der Waals surface area contributed by atoms with Crippen molar-refractivity contribution >= 4 is 15.8 Å². The first-order valence-corrected chi connectivity index (χ1v) is 10.3. The van der Waals surface area contributed by atoms with E-state index in [1.54, 1.807) is 6.92 Å². The van der Waals surface area contributed by atoms with Crippen molar-refractivity contribution in [1.82, 2.24) is 9.21 Å². The van der Waals surface area contributed by atoms with Gasteiger partial charge in [-0.1, -0.05) is 29.8 Å². The molecule has 0 aromatic heterocycles. The van der Waals surface area contributed by atoms with E-state index in [9.17, 15) is 17.6 Å². The van der Waals surface area contributed by atoms with Gasteiger partial charge in [-0.25, -0.2) is 12.8 Å².